The van der Waals surface area contributed by atoms with Gasteiger partial charge in [0.15, 0.2) is 0 Å². The number of hydrogen-bond acceptors (Lipinski definition) is 4. The number of aromatic nitrogens is 1. The number of nitrogens with one attached hydrogen (secondary N) is 1. The Morgan fingerprint density at radius 2 is 1.83 bits per heavy atom. The van der Waals surface area contributed by atoms with Gasteiger partial charge in [0.1, 0.15) is 5.76 Å². The Balaban J connectivity index is 1.75. The summed E-state index contributed by atoms with van der Waals surface area (Å²) in [5.41, 5.74) is 1.79. The number of carboxylic acids is 1. The molecular weight excluding hydrogens is 372 g/mol. The number of carbonyl (C=O) groups excluding carboxylic acids is 2. The molecule has 0 bridgehead atoms. The van der Waals surface area contributed by atoms with Crippen molar-refractivity contribution in [1.82, 2.24) is 4.57 Å². The number of hydrogen-bond donors (Lipinski definition) is 2. The van der Waals surface area contributed by atoms with Crippen LogP contribution in [0.5, 0.6) is 0 Å². The van der Waals surface area contributed by atoms with Crippen LogP contribution in [0.15, 0.2) is 71.5 Å². The zero-order chi connectivity index (χ0) is 20.5. The predicted molar refractivity (Wildman–Crippen MR) is 107 cm³/mol. The molecule has 1 amide bonds. The van der Waals surface area contributed by atoms with Crippen molar-refractivity contribution in [2.75, 3.05) is 5.32 Å². The fourth-order valence-electron chi connectivity index (χ4n) is 3.23. The van der Waals surface area contributed by atoms with E-state index in [4.69, 9.17) is 4.42 Å². The zero-order valence-electron chi connectivity index (χ0n) is 15.4. The summed E-state index contributed by atoms with van der Waals surface area (Å²) in [5, 5.41) is 12.8. The zero-order valence-corrected chi connectivity index (χ0v) is 15.4. The van der Waals surface area contributed by atoms with Gasteiger partial charge in [-0.05, 0) is 36.4 Å². The van der Waals surface area contributed by atoms with Crippen LogP contribution in [-0.2, 0) is 0 Å². The molecule has 0 aliphatic carbocycles. The number of para-hydroxylation sites is 1. The summed E-state index contributed by atoms with van der Waals surface area (Å²) in [6, 6.07) is 14.9. The molecule has 7 nitrogen and oxygen atoms in total. The highest BCUT2D eigenvalue weighted by Crippen LogP contribution is 2.27. The van der Waals surface area contributed by atoms with Gasteiger partial charge in [-0.15, -0.1) is 0 Å². The molecule has 2 aromatic carbocycles. The van der Waals surface area contributed by atoms with Crippen LogP contribution < -0.4 is 5.32 Å². The van der Waals surface area contributed by atoms with Gasteiger partial charge in [0.25, 0.3) is 5.91 Å². The Kier molecular flexibility index (Phi) is 4.48. The highest BCUT2D eigenvalue weighted by molar-refractivity contribution is 6.14. The molecule has 0 unspecified atom stereocenters. The van der Waals surface area contributed by atoms with Crippen molar-refractivity contribution < 1.29 is 23.9 Å². The van der Waals surface area contributed by atoms with E-state index in [1.165, 1.54) is 36.1 Å². The Morgan fingerprint density at radius 1 is 1.03 bits per heavy atom. The Bertz CT molecular complexity index is 1250. The summed E-state index contributed by atoms with van der Waals surface area (Å²) < 4.78 is 6.75. The number of carboxylic acid groups (broad SMARTS) is 1. The van der Waals surface area contributed by atoms with Crippen molar-refractivity contribution in [3.63, 3.8) is 0 Å². The number of anilines is 1. The summed E-state index contributed by atoms with van der Waals surface area (Å²) in [4.78, 5) is 36.3. The molecule has 0 spiro atoms. The molecule has 2 aromatic heterocycles. The first-order valence-electron chi connectivity index (χ1n) is 8.78. The van der Waals surface area contributed by atoms with Crippen LogP contribution in [0.2, 0.25) is 0 Å². The molecule has 7 heteroatoms. The number of aromatic carboxylic acids is 1. The molecule has 4 rings (SSSR count). The van der Waals surface area contributed by atoms with Crippen LogP contribution in [-0.4, -0.2) is 27.5 Å². The van der Waals surface area contributed by atoms with E-state index in [-0.39, 0.29) is 11.5 Å². The number of nitrogens with zero attached hydrogens (tertiary/aromatic N) is 1. The van der Waals surface area contributed by atoms with E-state index in [2.05, 4.69) is 5.32 Å². The number of benzene rings is 2. The first-order valence-corrected chi connectivity index (χ1v) is 8.78. The molecule has 144 valence electrons. The Labute approximate surface area is 165 Å². The lowest BCUT2D eigenvalue weighted by Gasteiger charge is -2.08. The van der Waals surface area contributed by atoms with E-state index in [0.29, 0.717) is 33.5 Å². The summed E-state index contributed by atoms with van der Waals surface area (Å²) in [6.45, 7) is 1.42. The van der Waals surface area contributed by atoms with Gasteiger partial charge < -0.3 is 14.8 Å². The Hall–Kier alpha value is -4.13. The van der Waals surface area contributed by atoms with Gasteiger partial charge in [0.05, 0.1) is 22.9 Å². The van der Waals surface area contributed by atoms with Crippen LogP contribution >= 0.6 is 0 Å². The summed E-state index contributed by atoms with van der Waals surface area (Å²) in [5.74, 6) is -1.30. The third-order valence-electron chi connectivity index (χ3n) is 4.54. The van der Waals surface area contributed by atoms with Crippen molar-refractivity contribution >= 4 is 34.4 Å². The van der Waals surface area contributed by atoms with Crippen molar-refractivity contribution in [1.29, 1.82) is 0 Å². The predicted octanol–water partition coefficient (Wildman–Crippen LogP) is 4.51. The quantitative estimate of drug-likeness (QED) is 0.535. The normalized spacial score (nSPS) is 10.8. The molecular formula is C22H16N2O5. The van der Waals surface area contributed by atoms with Gasteiger partial charge in [0.2, 0.25) is 5.91 Å². The lowest BCUT2D eigenvalue weighted by Crippen LogP contribution is -2.12. The second kappa shape index (κ2) is 7.12. The fourth-order valence-corrected chi connectivity index (χ4v) is 3.23. The standard InChI is InChI=1S/C22H16N2O5/c1-13(25)24-12-18(17-5-2-3-6-19(17)24)21(26)23-16-10-14(20-7-4-8-29-20)9-15(11-16)22(27)28/h2-12H,1H3,(H,23,26)(H,27,28). The van der Waals surface area contributed by atoms with E-state index in [0.717, 1.165) is 0 Å². The third-order valence-corrected chi connectivity index (χ3v) is 4.54. The summed E-state index contributed by atoms with van der Waals surface area (Å²) >= 11 is 0. The van der Waals surface area contributed by atoms with Gasteiger partial charge in [-0.3, -0.25) is 14.2 Å². The molecule has 0 saturated carbocycles. The van der Waals surface area contributed by atoms with E-state index >= 15 is 0 Å². The smallest absolute Gasteiger partial charge is 0.335 e. The number of fused-ring (bicyclic) bond motifs is 1. The van der Waals surface area contributed by atoms with Gasteiger partial charge >= 0.3 is 5.97 Å². The minimum atomic E-state index is -1.12. The van der Waals surface area contributed by atoms with Crippen molar-refractivity contribution in [2.24, 2.45) is 0 Å². The van der Waals surface area contributed by atoms with Crippen LogP contribution in [0.3, 0.4) is 0 Å². The molecule has 0 atom stereocenters. The van der Waals surface area contributed by atoms with Crippen LogP contribution in [0, 0.1) is 0 Å². The SMILES string of the molecule is CC(=O)n1cc(C(=O)Nc2cc(C(=O)O)cc(-c3ccco3)c2)c2ccccc21. The fraction of sp³-hybridized carbons (Fsp3) is 0.0455. The van der Waals surface area contributed by atoms with Gasteiger partial charge in [-0.2, -0.15) is 0 Å². The molecule has 29 heavy (non-hydrogen) atoms. The first kappa shape index (κ1) is 18.2. The van der Waals surface area contributed by atoms with E-state index in [1.807, 2.05) is 0 Å². The number of rotatable bonds is 4. The van der Waals surface area contributed by atoms with Crippen LogP contribution in [0.25, 0.3) is 22.2 Å². The average Bonchev–Trinajstić information content (AvgIpc) is 3.36. The highest BCUT2D eigenvalue weighted by atomic mass is 16.4. The van der Waals surface area contributed by atoms with Gasteiger partial charge in [0, 0.05) is 29.8 Å². The molecule has 0 radical (unpaired) electrons. The molecule has 2 N–H and O–H groups in total. The second-order valence-electron chi connectivity index (χ2n) is 6.48. The third kappa shape index (κ3) is 3.41. The lowest BCUT2D eigenvalue weighted by molar-refractivity contribution is 0.0696. The van der Waals surface area contributed by atoms with E-state index < -0.39 is 11.9 Å². The maximum atomic E-state index is 12.9. The molecule has 0 fully saturated rings. The van der Waals surface area contributed by atoms with Crippen molar-refractivity contribution in [2.45, 2.75) is 6.92 Å². The minimum Gasteiger partial charge on any atom is -0.478 e. The van der Waals surface area contributed by atoms with Gasteiger partial charge in [-0.25, -0.2) is 4.79 Å². The van der Waals surface area contributed by atoms with Crippen molar-refractivity contribution in [3.8, 4) is 11.3 Å². The lowest BCUT2D eigenvalue weighted by atomic mass is 10.1. The number of carbonyl (C=O) groups is 3. The molecule has 0 aliphatic rings. The second-order valence-corrected chi connectivity index (χ2v) is 6.48. The number of furan rings is 1. The maximum absolute atomic E-state index is 12.9. The van der Waals surface area contributed by atoms with E-state index in [9.17, 15) is 19.5 Å². The maximum Gasteiger partial charge on any atom is 0.335 e. The number of amides is 1. The van der Waals surface area contributed by atoms with Gasteiger partial charge in [-0.1, -0.05) is 18.2 Å². The first-order chi connectivity index (χ1) is 13.9. The molecule has 0 aliphatic heterocycles. The molecule has 4 aromatic rings. The minimum absolute atomic E-state index is 0.0142. The van der Waals surface area contributed by atoms with Crippen molar-refractivity contribution in [3.05, 3.63) is 78.2 Å². The van der Waals surface area contributed by atoms with E-state index in [1.54, 1.807) is 42.5 Å². The monoisotopic (exact) mass is 388 g/mol. The average molecular weight is 388 g/mol. The molecule has 0 saturated heterocycles. The van der Waals surface area contributed by atoms with Crippen LogP contribution in [0.1, 0.15) is 32.4 Å². The summed E-state index contributed by atoms with van der Waals surface area (Å²) in [6.07, 6.45) is 2.97. The Morgan fingerprint density at radius 3 is 2.52 bits per heavy atom. The molecule has 2 heterocycles. The van der Waals surface area contributed by atoms with Crippen LogP contribution in [0.4, 0.5) is 5.69 Å². The largest absolute Gasteiger partial charge is 0.478 e. The summed E-state index contributed by atoms with van der Waals surface area (Å²) in [7, 11) is 0. The topological polar surface area (TPSA) is 102 Å². The highest BCUT2D eigenvalue weighted by Gasteiger charge is 2.18.